The van der Waals surface area contributed by atoms with Crippen molar-refractivity contribution >= 4 is 23.9 Å². The summed E-state index contributed by atoms with van der Waals surface area (Å²) in [6.07, 6.45) is 2.73. The van der Waals surface area contributed by atoms with Crippen molar-refractivity contribution < 1.29 is 14.4 Å². The molecule has 120 valence electrons. The Balaban J connectivity index is 2.60. The minimum absolute atomic E-state index is 0.336. The second-order valence-electron chi connectivity index (χ2n) is 4.79. The van der Waals surface area contributed by atoms with Gasteiger partial charge in [0.1, 0.15) is 0 Å². The normalized spacial score (nSPS) is 9.91. The van der Waals surface area contributed by atoms with E-state index in [-0.39, 0.29) is 0 Å². The molecule has 0 fully saturated rings. The fraction of sp³-hybridized carbons (Fsp3) is 0.438. The quantitative estimate of drug-likeness (QED) is 0.380. The standard InChI is InChI=1S/C16H23N3O3/c1-3-12-7-5-8-13(4-2)14(12)19-16(22)15(21)18-10-6-9-17-11-20/h5,7-8,11H,3-4,6,9-10H2,1-2H3,(H,17,20)(H,18,21)(H,19,22). The Morgan fingerprint density at radius 2 is 1.68 bits per heavy atom. The van der Waals surface area contributed by atoms with Crippen LogP contribution in [0.25, 0.3) is 0 Å². The summed E-state index contributed by atoms with van der Waals surface area (Å²) >= 11 is 0. The topological polar surface area (TPSA) is 87.3 Å². The zero-order valence-electron chi connectivity index (χ0n) is 13.1. The van der Waals surface area contributed by atoms with E-state index in [4.69, 9.17) is 0 Å². The zero-order chi connectivity index (χ0) is 16.4. The lowest BCUT2D eigenvalue weighted by Gasteiger charge is -2.14. The van der Waals surface area contributed by atoms with Gasteiger partial charge in [0.25, 0.3) is 0 Å². The summed E-state index contributed by atoms with van der Waals surface area (Å²) in [5.41, 5.74) is 2.75. The molecule has 6 heteroatoms. The van der Waals surface area contributed by atoms with Crippen LogP contribution >= 0.6 is 0 Å². The molecule has 0 aliphatic heterocycles. The molecular weight excluding hydrogens is 282 g/mol. The van der Waals surface area contributed by atoms with E-state index < -0.39 is 11.8 Å². The lowest BCUT2D eigenvalue weighted by atomic mass is 10.0. The van der Waals surface area contributed by atoms with E-state index >= 15 is 0 Å². The molecule has 0 aliphatic carbocycles. The highest BCUT2D eigenvalue weighted by atomic mass is 16.2. The maximum absolute atomic E-state index is 12.0. The van der Waals surface area contributed by atoms with Crippen LogP contribution in [-0.2, 0) is 27.2 Å². The third-order valence-electron chi connectivity index (χ3n) is 3.31. The number of benzene rings is 1. The molecular formula is C16H23N3O3. The molecule has 0 aromatic heterocycles. The Bertz CT molecular complexity index is 507. The number of anilines is 1. The molecule has 6 nitrogen and oxygen atoms in total. The van der Waals surface area contributed by atoms with E-state index in [2.05, 4.69) is 16.0 Å². The SMILES string of the molecule is CCc1cccc(CC)c1NC(=O)C(=O)NCCCNC=O. The van der Waals surface area contributed by atoms with Gasteiger partial charge in [-0.05, 0) is 30.4 Å². The molecule has 0 bridgehead atoms. The van der Waals surface area contributed by atoms with Gasteiger partial charge in [0.2, 0.25) is 6.41 Å². The summed E-state index contributed by atoms with van der Waals surface area (Å²) in [4.78, 5) is 33.8. The second-order valence-corrected chi connectivity index (χ2v) is 4.79. The van der Waals surface area contributed by atoms with E-state index in [0.29, 0.717) is 25.9 Å². The smallest absolute Gasteiger partial charge is 0.313 e. The number of para-hydroxylation sites is 1. The van der Waals surface area contributed by atoms with Gasteiger partial charge < -0.3 is 16.0 Å². The van der Waals surface area contributed by atoms with Crippen LogP contribution in [0.3, 0.4) is 0 Å². The minimum Gasteiger partial charge on any atom is -0.359 e. The molecule has 1 aromatic carbocycles. The van der Waals surface area contributed by atoms with E-state index in [1.54, 1.807) is 0 Å². The van der Waals surface area contributed by atoms with Crippen molar-refractivity contribution in [3.8, 4) is 0 Å². The minimum atomic E-state index is -0.668. The average Bonchev–Trinajstić information content (AvgIpc) is 2.54. The molecule has 0 saturated carbocycles. The Hall–Kier alpha value is -2.37. The van der Waals surface area contributed by atoms with Crippen molar-refractivity contribution in [2.24, 2.45) is 0 Å². The zero-order valence-corrected chi connectivity index (χ0v) is 13.1. The van der Waals surface area contributed by atoms with Crippen molar-refractivity contribution in [3.05, 3.63) is 29.3 Å². The molecule has 0 radical (unpaired) electrons. The maximum atomic E-state index is 12.0. The first-order chi connectivity index (χ1) is 10.6. The molecule has 22 heavy (non-hydrogen) atoms. The molecule has 1 aromatic rings. The van der Waals surface area contributed by atoms with Crippen LogP contribution < -0.4 is 16.0 Å². The first-order valence-corrected chi connectivity index (χ1v) is 7.51. The van der Waals surface area contributed by atoms with Crippen LogP contribution in [0.4, 0.5) is 5.69 Å². The first-order valence-electron chi connectivity index (χ1n) is 7.51. The molecule has 0 unspecified atom stereocenters. The predicted molar refractivity (Wildman–Crippen MR) is 85.5 cm³/mol. The van der Waals surface area contributed by atoms with Crippen LogP contribution in [-0.4, -0.2) is 31.3 Å². The highest BCUT2D eigenvalue weighted by Crippen LogP contribution is 2.22. The van der Waals surface area contributed by atoms with Crippen molar-refractivity contribution in [3.63, 3.8) is 0 Å². The van der Waals surface area contributed by atoms with E-state index in [0.717, 1.165) is 29.7 Å². The summed E-state index contributed by atoms with van der Waals surface area (Å²) in [7, 11) is 0. The van der Waals surface area contributed by atoms with Gasteiger partial charge >= 0.3 is 11.8 Å². The summed E-state index contributed by atoms with van der Waals surface area (Å²) in [5, 5.41) is 7.73. The van der Waals surface area contributed by atoms with Crippen molar-refractivity contribution in [1.82, 2.24) is 10.6 Å². The fourth-order valence-corrected chi connectivity index (χ4v) is 2.10. The van der Waals surface area contributed by atoms with Crippen molar-refractivity contribution in [1.29, 1.82) is 0 Å². The van der Waals surface area contributed by atoms with Gasteiger partial charge in [-0.2, -0.15) is 0 Å². The lowest BCUT2D eigenvalue weighted by Crippen LogP contribution is -2.37. The Morgan fingerprint density at radius 1 is 1.05 bits per heavy atom. The first kappa shape index (κ1) is 17.7. The van der Waals surface area contributed by atoms with E-state index in [1.165, 1.54) is 0 Å². The highest BCUT2D eigenvalue weighted by Gasteiger charge is 2.16. The Labute approximate surface area is 130 Å². The predicted octanol–water partition coefficient (Wildman–Crippen LogP) is 1.00. The highest BCUT2D eigenvalue weighted by molar-refractivity contribution is 6.39. The number of hydrogen-bond acceptors (Lipinski definition) is 3. The Morgan fingerprint density at radius 3 is 2.23 bits per heavy atom. The van der Waals surface area contributed by atoms with Gasteiger partial charge in [0, 0.05) is 18.8 Å². The van der Waals surface area contributed by atoms with E-state index in [9.17, 15) is 14.4 Å². The number of rotatable bonds is 8. The van der Waals surface area contributed by atoms with Gasteiger partial charge in [-0.15, -0.1) is 0 Å². The number of nitrogens with one attached hydrogen (secondary N) is 3. The Kier molecular flexibility index (Phi) is 7.67. The molecule has 0 atom stereocenters. The van der Waals surface area contributed by atoms with Crippen molar-refractivity contribution in [2.45, 2.75) is 33.1 Å². The van der Waals surface area contributed by atoms with Crippen LogP contribution in [0.1, 0.15) is 31.4 Å². The number of carbonyl (C=O) groups excluding carboxylic acids is 3. The van der Waals surface area contributed by atoms with Crippen LogP contribution in [0.15, 0.2) is 18.2 Å². The van der Waals surface area contributed by atoms with Gasteiger partial charge in [-0.25, -0.2) is 0 Å². The second kappa shape index (κ2) is 9.55. The molecule has 1 rings (SSSR count). The van der Waals surface area contributed by atoms with Crippen LogP contribution in [0.2, 0.25) is 0 Å². The van der Waals surface area contributed by atoms with Crippen LogP contribution in [0, 0.1) is 0 Å². The number of amides is 3. The third kappa shape index (κ3) is 5.20. The van der Waals surface area contributed by atoms with Crippen LogP contribution in [0.5, 0.6) is 0 Å². The number of hydrogen-bond donors (Lipinski definition) is 3. The van der Waals surface area contributed by atoms with Crippen molar-refractivity contribution in [2.75, 3.05) is 18.4 Å². The van der Waals surface area contributed by atoms with E-state index in [1.807, 2.05) is 32.0 Å². The summed E-state index contributed by atoms with van der Waals surface area (Å²) in [6, 6.07) is 5.84. The lowest BCUT2D eigenvalue weighted by molar-refractivity contribution is -0.136. The third-order valence-corrected chi connectivity index (χ3v) is 3.31. The number of aryl methyl sites for hydroxylation is 2. The van der Waals surface area contributed by atoms with Gasteiger partial charge in [-0.1, -0.05) is 32.0 Å². The summed E-state index contributed by atoms with van der Waals surface area (Å²) in [6.45, 7) is 4.81. The maximum Gasteiger partial charge on any atom is 0.313 e. The molecule has 0 saturated heterocycles. The molecule has 0 aliphatic rings. The number of carbonyl (C=O) groups is 3. The van der Waals surface area contributed by atoms with Gasteiger partial charge in [0.15, 0.2) is 0 Å². The van der Waals surface area contributed by atoms with Gasteiger partial charge in [-0.3, -0.25) is 14.4 Å². The molecule has 3 N–H and O–H groups in total. The summed E-state index contributed by atoms with van der Waals surface area (Å²) in [5.74, 6) is -1.34. The molecule has 0 spiro atoms. The molecule has 0 heterocycles. The summed E-state index contributed by atoms with van der Waals surface area (Å²) < 4.78 is 0. The fourth-order valence-electron chi connectivity index (χ4n) is 2.10. The average molecular weight is 305 g/mol. The van der Waals surface area contributed by atoms with Gasteiger partial charge in [0.05, 0.1) is 0 Å². The largest absolute Gasteiger partial charge is 0.359 e. The monoisotopic (exact) mass is 305 g/mol. The molecule has 3 amide bonds.